The van der Waals surface area contributed by atoms with Gasteiger partial charge in [0.1, 0.15) is 0 Å². The zero-order valence-corrected chi connectivity index (χ0v) is 11.6. The summed E-state index contributed by atoms with van der Waals surface area (Å²) in [6.45, 7) is 2.94. The lowest BCUT2D eigenvalue weighted by Crippen LogP contribution is -1.98. The Bertz CT molecular complexity index is 684. The summed E-state index contributed by atoms with van der Waals surface area (Å²) in [6.07, 6.45) is 3.09. The first kappa shape index (κ1) is 11.8. The largest absolute Gasteiger partial charge is 0.341 e. The Balaban J connectivity index is 1.96. The van der Waals surface area contributed by atoms with Gasteiger partial charge in [0.2, 0.25) is 0 Å². The van der Waals surface area contributed by atoms with Gasteiger partial charge in [-0.15, -0.1) is 11.3 Å². The molecule has 0 bridgehead atoms. The van der Waals surface area contributed by atoms with Crippen molar-refractivity contribution in [2.24, 2.45) is 0 Å². The topological polar surface area (TPSA) is 17.8 Å². The van der Waals surface area contributed by atoms with E-state index in [1.165, 1.54) is 10.4 Å². The Morgan fingerprint density at radius 1 is 1.33 bits per heavy atom. The molecule has 2 aromatic heterocycles. The fourth-order valence-electron chi connectivity index (χ4n) is 2.05. The number of halogens is 1. The summed E-state index contributed by atoms with van der Waals surface area (Å²) in [7, 11) is 0. The molecular weight excluding hydrogens is 264 g/mol. The van der Waals surface area contributed by atoms with Crippen molar-refractivity contribution in [3.63, 3.8) is 0 Å². The third-order valence-electron chi connectivity index (χ3n) is 2.97. The SMILES string of the molecule is CCc1nc(Cn2ccc3ccc(Cl)cc32)cs1. The molecule has 0 amide bonds. The summed E-state index contributed by atoms with van der Waals surface area (Å²) in [6, 6.07) is 8.09. The Morgan fingerprint density at radius 2 is 2.22 bits per heavy atom. The minimum Gasteiger partial charge on any atom is -0.341 e. The van der Waals surface area contributed by atoms with E-state index in [2.05, 4.69) is 34.1 Å². The molecule has 3 aromatic rings. The second kappa shape index (κ2) is 4.75. The first-order valence-corrected chi connectivity index (χ1v) is 7.19. The van der Waals surface area contributed by atoms with E-state index in [1.54, 1.807) is 11.3 Å². The normalized spacial score (nSPS) is 11.2. The van der Waals surface area contributed by atoms with Gasteiger partial charge in [-0.2, -0.15) is 0 Å². The molecule has 92 valence electrons. The lowest BCUT2D eigenvalue weighted by atomic mass is 10.2. The van der Waals surface area contributed by atoms with Crippen molar-refractivity contribution < 1.29 is 0 Å². The van der Waals surface area contributed by atoms with Gasteiger partial charge in [-0.3, -0.25) is 0 Å². The number of nitrogens with zero attached hydrogens (tertiary/aromatic N) is 2. The van der Waals surface area contributed by atoms with E-state index < -0.39 is 0 Å². The summed E-state index contributed by atoms with van der Waals surface area (Å²) >= 11 is 7.78. The molecule has 0 radical (unpaired) electrons. The lowest BCUT2D eigenvalue weighted by molar-refractivity contribution is 0.808. The second-order valence-electron chi connectivity index (χ2n) is 4.23. The minimum absolute atomic E-state index is 0.773. The van der Waals surface area contributed by atoms with Gasteiger partial charge in [-0.25, -0.2) is 4.98 Å². The smallest absolute Gasteiger partial charge is 0.0926 e. The summed E-state index contributed by atoms with van der Waals surface area (Å²) in [5.41, 5.74) is 2.28. The number of rotatable bonds is 3. The minimum atomic E-state index is 0.773. The van der Waals surface area contributed by atoms with Gasteiger partial charge in [0, 0.05) is 22.1 Å². The van der Waals surface area contributed by atoms with Crippen LogP contribution in [0.2, 0.25) is 5.02 Å². The van der Waals surface area contributed by atoms with Crippen molar-refractivity contribution in [3.05, 3.63) is 51.6 Å². The molecule has 0 atom stereocenters. The van der Waals surface area contributed by atoms with E-state index >= 15 is 0 Å². The zero-order valence-electron chi connectivity index (χ0n) is 10.1. The Morgan fingerprint density at radius 3 is 3.00 bits per heavy atom. The first-order chi connectivity index (χ1) is 8.76. The highest BCUT2D eigenvalue weighted by atomic mass is 35.5. The van der Waals surface area contributed by atoms with Gasteiger partial charge in [-0.1, -0.05) is 24.6 Å². The van der Waals surface area contributed by atoms with E-state index in [0.717, 1.165) is 29.2 Å². The van der Waals surface area contributed by atoms with Crippen molar-refractivity contribution in [2.75, 3.05) is 0 Å². The maximum Gasteiger partial charge on any atom is 0.0926 e. The molecule has 1 aromatic carbocycles. The van der Waals surface area contributed by atoms with Crippen LogP contribution in [-0.2, 0) is 13.0 Å². The summed E-state index contributed by atoms with van der Waals surface area (Å²) in [5.74, 6) is 0. The third kappa shape index (κ3) is 2.16. The zero-order chi connectivity index (χ0) is 12.5. The van der Waals surface area contributed by atoms with Gasteiger partial charge in [0.25, 0.3) is 0 Å². The number of benzene rings is 1. The maximum atomic E-state index is 6.05. The summed E-state index contributed by atoms with van der Waals surface area (Å²) in [4.78, 5) is 4.60. The molecular formula is C14H13ClN2S. The molecule has 2 heterocycles. The number of hydrogen-bond donors (Lipinski definition) is 0. The van der Waals surface area contributed by atoms with Crippen LogP contribution < -0.4 is 0 Å². The first-order valence-electron chi connectivity index (χ1n) is 5.94. The second-order valence-corrected chi connectivity index (χ2v) is 5.61. The van der Waals surface area contributed by atoms with Crippen LogP contribution in [-0.4, -0.2) is 9.55 Å². The van der Waals surface area contributed by atoms with Gasteiger partial charge in [0.05, 0.1) is 17.2 Å². The van der Waals surface area contributed by atoms with E-state index in [9.17, 15) is 0 Å². The van der Waals surface area contributed by atoms with Crippen molar-refractivity contribution in [3.8, 4) is 0 Å². The Hall–Kier alpha value is -1.32. The fraction of sp³-hybridized carbons (Fsp3) is 0.214. The van der Waals surface area contributed by atoms with E-state index in [4.69, 9.17) is 11.6 Å². The quantitative estimate of drug-likeness (QED) is 0.695. The Labute approximate surface area is 115 Å². The van der Waals surface area contributed by atoms with Crippen LogP contribution in [0.25, 0.3) is 10.9 Å². The van der Waals surface area contributed by atoms with Crippen LogP contribution in [0.5, 0.6) is 0 Å². The molecule has 0 aliphatic rings. The predicted octanol–water partition coefficient (Wildman–Crippen LogP) is 4.36. The van der Waals surface area contributed by atoms with Crippen LogP contribution in [0.3, 0.4) is 0 Å². The standard InChI is InChI=1S/C14H13ClN2S/c1-2-14-16-12(9-18-14)8-17-6-5-10-3-4-11(15)7-13(10)17/h3-7,9H,2,8H2,1H3. The van der Waals surface area contributed by atoms with Crippen LogP contribution in [0, 0.1) is 0 Å². The summed E-state index contributed by atoms with van der Waals surface area (Å²) in [5, 5.41) is 5.31. The molecule has 0 saturated heterocycles. The molecule has 0 N–H and O–H groups in total. The molecule has 3 rings (SSSR count). The number of hydrogen-bond acceptors (Lipinski definition) is 2. The Kier molecular flexibility index (Phi) is 3.10. The molecule has 2 nitrogen and oxygen atoms in total. The highest BCUT2D eigenvalue weighted by Gasteiger charge is 2.05. The molecule has 0 unspecified atom stereocenters. The lowest BCUT2D eigenvalue weighted by Gasteiger charge is -2.03. The van der Waals surface area contributed by atoms with Crippen LogP contribution in [0.1, 0.15) is 17.6 Å². The number of aromatic nitrogens is 2. The number of thiazole rings is 1. The van der Waals surface area contributed by atoms with E-state index in [1.807, 2.05) is 18.2 Å². The van der Waals surface area contributed by atoms with Crippen molar-refractivity contribution in [1.29, 1.82) is 0 Å². The van der Waals surface area contributed by atoms with Crippen molar-refractivity contribution in [2.45, 2.75) is 19.9 Å². The molecule has 0 aliphatic heterocycles. The van der Waals surface area contributed by atoms with Crippen LogP contribution >= 0.6 is 22.9 Å². The van der Waals surface area contributed by atoms with Gasteiger partial charge < -0.3 is 4.57 Å². The number of aryl methyl sites for hydroxylation is 1. The molecule has 0 spiro atoms. The van der Waals surface area contributed by atoms with Crippen molar-refractivity contribution in [1.82, 2.24) is 9.55 Å². The van der Waals surface area contributed by atoms with Gasteiger partial charge in [0.15, 0.2) is 0 Å². The predicted molar refractivity (Wildman–Crippen MR) is 77.5 cm³/mol. The highest BCUT2D eigenvalue weighted by molar-refractivity contribution is 7.09. The van der Waals surface area contributed by atoms with E-state index in [0.29, 0.717) is 0 Å². The van der Waals surface area contributed by atoms with Gasteiger partial charge >= 0.3 is 0 Å². The van der Waals surface area contributed by atoms with Gasteiger partial charge in [-0.05, 0) is 30.0 Å². The average Bonchev–Trinajstić information content (AvgIpc) is 2.97. The number of fused-ring (bicyclic) bond motifs is 1. The van der Waals surface area contributed by atoms with E-state index in [-0.39, 0.29) is 0 Å². The fourth-order valence-corrected chi connectivity index (χ4v) is 2.96. The molecule has 4 heteroatoms. The average molecular weight is 277 g/mol. The molecule has 0 saturated carbocycles. The maximum absolute atomic E-state index is 6.05. The monoisotopic (exact) mass is 276 g/mol. The van der Waals surface area contributed by atoms with Crippen LogP contribution in [0.15, 0.2) is 35.8 Å². The molecule has 18 heavy (non-hydrogen) atoms. The van der Waals surface area contributed by atoms with Crippen molar-refractivity contribution >= 4 is 33.8 Å². The third-order valence-corrected chi connectivity index (χ3v) is 4.25. The summed E-state index contributed by atoms with van der Waals surface area (Å²) < 4.78 is 2.19. The molecule has 0 aliphatic carbocycles. The van der Waals surface area contributed by atoms with Crippen LogP contribution in [0.4, 0.5) is 0 Å². The molecule has 0 fully saturated rings. The highest BCUT2D eigenvalue weighted by Crippen LogP contribution is 2.22.